The molecule has 190 valence electrons. The Hall–Kier alpha value is -2.23. The lowest BCUT2D eigenvalue weighted by Crippen LogP contribution is -2.56. The normalized spacial score (nSPS) is 21.8. The minimum atomic E-state index is -0.257. The first-order valence-corrected chi connectivity index (χ1v) is 12.5. The predicted molar refractivity (Wildman–Crippen MR) is 134 cm³/mol. The number of halogens is 1. The van der Waals surface area contributed by atoms with E-state index in [1.165, 1.54) is 13.2 Å². The summed E-state index contributed by atoms with van der Waals surface area (Å²) in [6.07, 6.45) is 3.62. The third-order valence-corrected chi connectivity index (χ3v) is 7.10. The van der Waals surface area contributed by atoms with Crippen LogP contribution in [-0.4, -0.2) is 87.4 Å². The zero-order chi connectivity index (χ0) is 24.7. The van der Waals surface area contributed by atoms with E-state index in [0.29, 0.717) is 27.9 Å². The summed E-state index contributed by atoms with van der Waals surface area (Å²) in [7, 11) is 3.18. The molecule has 1 aromatic carbocycles. The van der Waals surface area contributed by atoms with E-state index in [-0.39, 0.29) is 24.1 Å². The smallest absolute Gasteiger partial charge is 0.317 e. The first-order valence-electron chi connectivity index (χ1n) is 12.1. The van der Waals surface area contributed by atoms with Crippen molar-refractivity contribution in [3.8, 4) is 5.75 Å². The van der Waals surface area contributed by atoms with Gasteiger partial charge in [0.2, 0.25) is 0 Å². The van der Waals surface area contributed by atoms with E-state index in [2.05, 4.69) is 22.5 Å². The molecule has 34 heavy (non-hydrogen) atoms. The van der Waals surface area contributed by atoms with E-state index < -0.39 is 0 Å². The van der Waals surface area contributed by atoms with Crippen LogP contribution in [0.3, 0.4) is 0 Å². The van der Waals surface area contributed by atoms with Crippen LogP contribution < -0.4 is 21.1 Å². The number of nitrogen functional groups attached to an aromatic ring is 1. The molecular formula is C24H38ClN5O4. The fourth-order valence-corrected chi connectivity index (χ4v) is 4.90. The number of nitrogens with zero attached hydrogens (tertiary/aromatic N) is 2. The van der Waals surface area contributed by atoms with E-state index in [4.69, 9.17) is 26.8 Å². The summed E-state index contributed by atoms with van der Waals surface area (Å²) in [5.74, 6) is 0.688. The number of methoxy groups -OCH3 is 2. The van der Waals surface area contributed by atoms with Gasteiger partial charge in [-0.1, -0.05) is 18.5 Å². The van der Waals surface area contributed by atoms with Gasteiger partial charge in [0.15, 0.2) is 0 Å². The molecule has 3 rings (SSSR count). The van der Waals surface area contributed by atoms with Gasteiger partial charge >= 0.3 is 6.03 Å². The lowest BCUT2D eigenvalue weighted by Gasteiger charge is -2.41. The van der Waals surface area contributed by atoms with Crippen molar-refractivity contribution in [1.82, 2.24) is 20.4 Å². The number of nitrogens with two attached hydrogens (primary N) is 1. The minimum Gasteiger partial charge on any atom is -0.496 e. The molecular weight excluding hydrogens is 458 g/mol. The fraction of sp³-hybridized carbons (Fsp3) is 0.667. The van der Waals surface area contributed by atoms with Gasteiger partial charge in [-0.25, -0.2) is 4.79 Å². The predicted octanol–water partition coefficient (Wildman–Crippen LogP) is 2.58. The molecule has 2 aliphatic rings. The number of carbonyl (C=O) groups excluding carboxylic acids is 2. The van der Waals surface area contributed by atoms with Gasteiger partial charge in [-0.05, 0) is 37.7 Å². The number of carbonyl (C=O) groups is 2. The highest BCUT2D eigenvalue weighted by Crippen LogP contribution is 2.29. The van der Waals surface area contributed by atoms with Crippen molar-refractivity contribution in [1.29, 1.82) is 0 Å². The molecule has 0 spiro atoms. The Labute approximate surface area is 207 Å². The van der Waals surface area contributed by atoms with Crippen molar-refractivity contribution in [2.24, 2.45) is 5.92 Å². The lowest BCUT2D eigenvalue weighted by molar-refractivity contribution is -0.000629. The molecule has 9 nitrogen and oxygen atoms in total. The van der Waals surface area contributed by atoms with Crippen LogP contribution in [0.5, 0.6) is 5.75 Å². The second-order valence-corrected chi connectivity index (χ2v) is 9.55. The maximum absolute atomic E-state index is 13.0. The Morgan fingerprint density at radius 2 is 1.91 bits per heavy atom. The van der Waals surface area contributed by atoms with Crippen LogP contribution in [0.2, 0.25) is 5.02 Å². The highest BCUT2D eigenvalue weighted by molar-refractivity contribution is 6.33. The van der Waals surface area contributed by atoms with Gasteiger partial charge < -0.3 is 35.6 Å². The molecule has 0 aromatic heterocycles. The minimum absolute atomic E-state index is 0.0512. The highest BCUT2D eigenvalue weighted by atomic mass is 35.5. The second kappa shape index (κ2) is 12.5. The van der Waals surface area contributed by atoms with Crippen LogP contribution in [0.4, 0.5) is 10.5 Å². The van der Waals surface area contributed by atoms with Crippen molar-refractivity contribution >= 4 is 29.2 Å². The van der Waals surface area contributed by atoms with E-state index in [9.17, 15) is 9.59 Å². The molecule has 2 fully saturated rings. The van der Waals surface area contributed by atoms with Crippen LogP contribution in [0.25, 0.3) is 0 Å². The first-order chi connectivity index (χ1) is 16.4. The second-order valence-electron chi connectivity index (χ2n) is 9.14. The summed E-state index contributed by atoms with van der Waals surface area (Å²) in [6, 6.07) is 3.04. The zero-order valence-corrected chi connectivity index (χ0v) is 21.2. The molecule has 0 saturated carbocycles. The zero-order valence-electron chi connectivity index (χ0n) is 20.4. The Bertz CT molecular complexity index is 847. The summed E-state index contributed by atoms with van der Waals surface area (Å²) in [5.41, 5.74) is 6.56. The van der Waals surface area contributed by atoms with Gasteiger partial charge in [0, 0.05) is 52.4 Å². The summed E-state index contributed by atoms with van der Waals surface area (Å²) in [6.45, 7) is 6.98. The third-order valence-electron chi connectivity index (χ3n) is 6.77. The molecule has 2 unspecified atom stereocenters. The summed E-state index contributed by atoms with van der Waals surface area (Å²) in [4.78, 5) is 29.5. The van der Waals surface area contributed by atoms with E-state index >= 15 is 0 Å². The number of hydrogen-bond acceptors (Lipinski definition) is 6. The van der Waals surface area contributed by atoms with Crippen LogP contribution >= 0.6 is 11.6 Å². The van der Waals surface area contributed by atoms with Gasteiger partial charge in [-0.15, -0.1) is 0 Å². The quantitative estimate of drug-likeness (QED) is 0.478. The molecule has 3 amide bonds. The molecule has 0 aliphatic carbocycles. The monoisotopic (exact) mass is 495 g/mol. The Morgan fingerprint density at radius 1 is 1.18 bits per heavy atom. The van der Waals surface area contributed by atoms with E-state index in [1.807, 2.05) is 4.90 Å². The number of nitrogens with one attached hydrogen (secondary N) is 2. The number of ether oxygens (including phenoxy) is 2. The van der Waals surface area contributed by atoms with Crippen LogP contribution in [-0.2, 0) is 4.74 Å². The number of benzene rings is 1. The first kappa shape index (κ1) is 26.4. The number of likely N-dealkylation sites (tertiary alicyclic amines) is 2. The topological polar surface area (TPSA) is 109 Å². The molecule has 4 N–H and O–H groups in total. The third kappa shape index (κ3) is 6.67. The van der Waals surface area contributed by atoms with Gasteiger partial charge in [-0.2, -0.15) is 0 Å². The Kier molecular flexibility index (Phi) is 9.67. The lowest BCUT2D eigenvalue weighted by atomic mass is 9.94. The van der Waals surface area contributed by atoms with Crippen LogP contribution in [0.15, 0.2) is 12.1 Å². The largest absolute Gasteiger partial charge is 0.496 e. The number of rotatable bonds is 8. The van der Waals surface area contributed by atoms with Crippen molar-refractivity contribution in [3.05, 3.63) is 22.7 Å². The Balaban J connectivity index is 1.50. The maximum atomic E-state index is 13.0. The molecule has 1 aromatic rings. The fourth-order valence-electron chi connectivity index (χ4n) is 4.74. The average molecular weight is 496 g/mol. The molecule has 2 saturated heterocycles. The average Bonchev–Trinajstić information content (AvgIpc) is 2.85. The molecule has 0 bridgehead atoms. The Morgan fingerprint density at radius 3 is 2.56 bits per heavy atom. The van der Waals surface area contributed by atoms with Gasteiger partial charge in [-0.3, -0.25) is 4.79 Å². The molecule has 2 atom stereocenters. The van der Waals surface area contributed by atoms with Crippen molar-refractivity contribution in [2.45, 2.75) is 44.8 Å². The molecule has 0 radical (unpaired) electrons. The summed E-state index contributed by atoms with van der Waals surface area (Å²) in [5, 5.41) is 6.37. The molecule has 10 heteroatoms. The standard InChI is InChI=1S/C24H38ClN5O4/c1-4-8-27-24(32)30-10-5-16(6-11-30)14-29-9-7-20(22(15-29)34-3)28-23(31)17-12-18(25)19(26)13-21(17)33-2/h12-13,16,20,22H,4-11,14-15,26H2,1-3H3,(H,27,32)(H,28,31). The van der Waals surface area contributed by atoms with Crippen LogP contribution in [0, 0.1) is 5.92 Å². The highest BCUT2D eigenvalue weighted by Gasteiger charge is 2.33. The van der Waals surface area contributed by atoms with Crippen molar-refractivity contribution in [2.75, 3.05) is 59.2 Å². The van der Waals surface area contributed by atoms with Crippen molar-refractivity contribution < 1.29 is 19.1 Å². The van der Waals surface area contributed by atoms with Gasteiger partial charge in [0.1, 0.15) is 5.75 Å². The number of piperidine rings is 2. The number of anilines is 1. The van der Waals surface area contributed by atoms with Crippen molar-refractivity contribution in [3.63, 3.8) is 0 Å². The maximum Gasteiger partial charge on any atom is 0.317 e. The number of hydrogen-bond donors (Lipinski definition) is 3. The molecule has 2 heterocycles. The SMILES string of the molecule is CCCNC(=O)N1CCC(CN2CCC(NC(=O)c3cc(Cl)c(N)cc3OC)C(OC)C2)CC1. The van der Waals surface area contributed by atoms with Gasteiger partial charge in [0.05, 0.1) is 35.5 Å². The van der Waals surface area contributed by atoms with Gasteiger partial charge in [0.25, 0.3) is 5.91 Å². The number of urea groups is 1. The summed E-state index contributed by atoms with van der Waals surface area (Å²) >= 11 is 6.13. The number of amides is 3. The molecule has 2 aliphatic heterocycles. The van der Waals surface area contributed by atoms with Crippen LogP contribution in [0.1, 0.15) is 43.0 Å². The van der Waals surface area contributed by atoms with E-state index in [0.717, 1.165) is 65.0 Å². The summed E-state index contributed by atoms with van der Waals surface area (Å²) < 4.78 is 11.1. The van der Waals surface area contributed by atoms with E-state index in [1.54, 1.807) is 13.2 Å².